The van der Waals surface area contributed by atoms with Crippen molar-refractivity contribution in [1.82, 2.24) is 0 Å². The molecule has 0 unspecified atom stereocenters. The van der Waals surface area contributed by atoms with E-state index in [9.17, 15) is 26.7 Å². The molecule has 2 rings (SSSR count). The minimum atomic E-state index is -1.99. The van der Waals surface area contributed by atoms with E-state index in [2.05, 4.69) is 4.74 Å². The first-order chi connectivity index (χ1) is 9.40. The van der Waals surface area contributed by atoms with Gasteiger partial charge in [-0.05, 0) is 24.3 Å². The maximum atomic E-state index is 13.3. The normalized spacial score (nSPS) is 10.4. The molecule has 2 nitrogen and oxygen atoms in total. The van der Waals surface area contributed by atoms with Crippen LogP contribution in [0.5, 0.6) is 5.75 Å². The van der Waals surface area contributed by atoms with Gasteiger partial charge in [0.15, 0.2) is 17.5 Å². The van der Waals surface area contributed by atoms with Gasteiger partial charge in [0.25, 0.3) is 0 Å². The molecule has 0 saturated heterocycles. The second-order valence-corrected chi connectivity index (χ2v) is 3.69. The van der Waals surface area contributed by atoms with Crippen LogP contribution in [0.4, 0.5) is 22.0 Å². The molecule has 0 radical (unpaired) electrons. The Kier molecular flexibility index (Phi) is 3.69. The third kappa shape index (κ3) is 2.61. The molecule has 0 bridgehead atoms. The van der Waals surface area contributed by atoms with Crippen LogP contribution >= 0.6 is 0 Å². The highest BCUT2D eigenvalue weighted by atomic mass is 19.2. The zero-order chi connectivity index (χ0) is 14.9. The number of carbonyl (C=O) groups excluding carboxylic acids is 1. The quantitative estimate of drug-likeness (QED) is 0.277. The molecule has 2 aromatic rings. The molecule has 0 spiro atoms. The van der Waals surface area contributed by atoms with Crippen LogP contribution in [0.15, 0.2) is 30.3 Å². The molecule has 0 amide bonds. The number of ether oxygens (including phenoxy) is 1. The number of hydrogen-bond donors (Lipinski definition) is 0. The Morgan fingerprint density at radius 1 is 0.850 bits per heavy atom. The highest BCUT2D eigenvalue weighted by Gasteiger charge is 2.25. The summed E-state index contributed by atoms with van der Waals surface area (Å²) in [5.74, 6) is -9.74. The van der Waals surface area contributed by atoms with Crippen molar-refractivity contribution in [3.05, 3.63) is 65.0 Å². The van der Waals surface area contributed by atoms with Crippen molar-refractivity contribution in [3.8, 4) is 5.75 Å². The SMILES string of the molecule is O=C(Oc1ccc(F)cc1)c1c(F)cc(F)c(F)c1F. The van der Waals surface area contributed by atoms with Crippen LogP contribution in [0.2, 0.25) is 0 Å². The van der Waals surface area contributed by atoms with E-state index in [0.29, 0.717) is 0 Å². The van der Waals surface area contributed by atoms with Gasteiger partial charge in [-0.3, -0.25) is 0 Å². The summed E-state index contributed by atoms with van der Waals surface area (Å²) >= 11 is 0. The molecular formula is C13H5F5O2. The third-order valence-electron chi connectivity index (χ3n) is 2.34. The predicted molar refractivity (Wildman–Crippen MR) is 57.6 cm³/mol. The van der Waals surface area contributed by atoms with Crippen LogP contribution in [0.3, 0.4) is 0 Å². The molecule has 0 N–H and O–H groups in total. The predicted octanol–water partition coefficient (Wildman–Crippen LogP) is 3.60. The summed E-state index contributed by atoms with van der Waals surface area (Å²) in [6, 6.07) is 3.98. The van der Waals surface area contributed by atoms with E-state index in [1.54, 1.807) is 0 Å². The van der Waals surface area contributed by atoms with Gasteiger partial charge in [0.05, 0.1) is 0 Å². The Hall–Kier alpha value is -2.44. The van der Waals surface area contributed by atoms with Crippen LogP contribution in [0.25, 0.3) is 0 Å². The van der Waals surface area contributed by atoms with Crippen LogP contribution in [0, 0.1) is 29.1 Å². The van der Waals surface area contributed by atoms with E-state index < -0.39 is 40.6 Å². The van der Waals surface area contributed by atoms with Crippen molar-refractivity contribution < 1.29 is 31.5 Å². The lowest BCUT2D eigenvalue weighted by Crippen LogP contribution is -2.15. The molecule has 104 valence electrons. The van der Waals surface area contributed by atoms with Crippen molar-refractivity contribution in [2.75, 3.05) is 0 Å². The summed E-state index contributed by atoms with van der Waals surface area (Å²) in [6.07, 6.45) is 0. The average Bonchev–Trinajstić information content (AvgIpc) is 2.39. The Morgan fingerprint density at radius 2 is 1.45 bits per heavy atom. The lowest BCUT2D eigenvalue weighted by Gasteiger charge is -2.07. The Balaban J connectivity index is 2.34. The highest BCUT2D eigenvalue weighted by molar-refractivity contribution is 5.91. The van der Waals surface area contributed by atoms with Crippen molar-refractivity contribution in [3.63, 3.8) is 0 Å². The van der Waals surface area contributed by atoms with E-state index in [-0.39, 0.29) is 11.8 Å². The first-order valence-electron chi connectivity index (χ1n) is 5.21. The van der Waals surface area contributed by atoms with Gasteiger partial charge < -0.3 is 4.74 Å². The van der Waals surface area contributed by atoms with Crippen molar-refractivity contribution in [2.45, 2.75) is 0 Å². The molecule has 0 fully saturated rings. The van der Waals surface area contributed by atoms with Crippen molar-refractivity contribution in [1.29, 1.82) is 0 Å². The monoisotopic (exact) mass is 288 g/mol. The number of rotatable bonds is 2. The summed E-state index contributed by atoms with van der Waals surface area (Å²) in [7, 11) is 0. The van der Waals surface area contributed by atoms with Gasteiger partial charge in [0.1, 0.15) is 22.9 Å². The van der Waals surface area contributed by atoms with Gasteiger partial charge in [0.2, 0.25) is 0 Å². The van der Waals surface area contributed by atoms with E-state index in [0.717, 1.165) is 24.3 Å². The Bertz CT molecular complexity index is 667. The van der Waals surface area contributed by atoms with E-state index >= 15 is 0 Å². The van der Waals surface area contributed by atoms with Gasteiger partial charge >= 0.3 is 5.97 Å². The lowest BCUT2D eigenvalue weighted by atomic mass is 10.2. The molecule has 0 aliphatic heterocycles. The van der Waals surface area contributed by atoms with E-state index in [4.69, 9.17) is 0 Å². The zero-order valence-corrected chi connectivity index (χ0v) is 9.59. The summed E-state index contributed by atoms with van der Waals surface area (Å²) in [6.45, 7) is 0. The largest absolute Gasteiger partial charge is 0.423 e. The maximum absolute atomic E-state index is 13.3. The van der Waals surface area contributed by atoms with Gasteiger partial charge in [-0.1, -0.05) is 0 Å². The summed E-state index contributed by atoms with van der Waals surface area (Å²) in [5.41, 5.74) is -1.37. The second kappa shape index (κ2) is 5.28. The lowest BCUT2D eigenvalue weighted by molar-refractivity contribution is 0.0722. The summed E-state index contributed by atoms with van der Waals surface area (Å²) in [4.78, 5) is 11.5. The smallest absolute Gasteiger partial charge is 0.349 e. The topological polar surface area (TPSA) is 26.3 Å². The number of halogens is 5. The van der Waals surface area contributed by atoms with Crippen LogP contribution in [-0.4, -0.2) is 5.97 Å². The molecular weight excluding hydrogens is 283 g/mol. The molecule has 2 aromatic carbocycles. The van der Waals surface area contributed by atoms with E-state index in [1.165, 1.54) is 0 Å². The van der Waals surface area contributed by atoms with Crippen LogP contribution < -0.4 is 4.74 Å². The van der Waals surface area contributed by atoms with Crippen LogP contribution in [-0.2, 0) is 0 Å². The highest BCUT2D eigenvalue weighted by Crippen LogP contribution is 2.21. The van der Waals surface area contributed by atoms with Gasteiger partial charge in [0, 0.05) is 6.07 Å². The van der Waals surface area contributed by atoms with Gasteiger partial charge in [-0.25, -0.2) is 26.7 Å². The minimum Gasteiger partial charge on any atom is -0.423 e. The molecule has 7 heteroatoms. The number of esters is 1. The fraction of sp³-hybridized carbons (Fsp3) is 0. The number of benzene rings is 2. The Morgan fingerprint density at radius 3 is 2.05 bits per heavy atom. The average molecular weight is 288 g/mol. The fourth-order valence-electron chi connectivity index (χ4n) is 1.41. The molecule has 20 heavy (non-hydrogen) atoms. The summed E-state index contributed by atoms with van der Waals surface area (Å²) < 4.78 is 69.4. The van der Waals surface area contributed by atoms with Crippen molar-refractivity contribution >= 4 is 5.97 Å². The molecule has 0 heterocycles. The second-order valence-electron chi connectivity index (χ2n) is 3.69. The van der Waals surface area contributed by atoms with E-state index in [1.807, 2.05) is 0 Å². The molecule has 0 aliphatic rings. The zero-order valence-electron chi connectivity index (χ0n) is 9.59. The number of hydrogen-bond acceptors (Lipinski definition) is 2. The van der Waals surface area contributed by atoms with Crippen LogP contribution in [0.1, 0.15) is 10.4 Å². The standard InChI is InChI=1S/C13H5F5O2/c14-6-1-3-7(4-2-6)20-13(19)10-8(15)5-9(16)11(17)12(10)18/h1-5H. The van der Waals surface area contributed by atoms with Gasteiger partial charge in [-0.2, -0.15) is 0 Å². The molecule has 0 aliphatic carbocycles. The maximum Gasteiger partial charge on any atom is 0.349 e. The molecule has 0 saturated carbocycles. The van der Waals surface area contributed by atoms with Crippen molar-refractivity contribution in [2.24, 2.45) is 0 Å². The molecule has 0 atom stereocenters. The van der Waals surface area contributed by atoms with Gasteiger partial charge in [-0.15, -0.1) is 0 Å². The molecule has 0 aromatic heterocycles. The fourth-order valence-corrected chi connectivity index (χ4v) is 1.41. The third-order valence-corrected chi connectivity index (χ3v) is 2.34. The number of carbonyl (C=O) groups is 1. The Labute approximate surface area is 109 Å². The summed E-state index contributed by atoms with van der Waals surface area (Å²) in [5, 5.41) is 0. The minimum absolute atomic E-state index is 0.0274. The first kappa shape index (κ1) is 14.0. The first-order valence-corrected chi connectivity index (χ1v) is 5.21.